The molecule has 0 bridgehead atoms. The molecule has 0 unspecified atom stereocenters. The summed E-state index contributed by atoms with van der Waals surface area (Å²) in [4.78, 5) is 36.8. The molecule has 0 saturated heterocycles. The van der Waals surface area contributed by atoms with Crippen LogP contribution in [0.25, 0.3) is 11.0 Å². The van der Waals surface area contributed by atoms with E-state index < -0.39 is 5.63 Å². The highest BCUT2D eigenvalue weighted by atomic mass is 16.5. The molecule has 0 aliphatic heterocycles. The first-order valence-electron chi connectivity index (χ1n) is 9.43. The summed E-state index contributed by atoms with van der Waals surface area (Å²) in [6.07, 6.45) is 0. The number of rotatable bonds is 5. The van der Waals surface area contributed by atoms with Gasteiger partial charge >= 0.3 is 5.63 Å². The molecule has 0 aliphatic rings. The van der Waals surface area contributed by atoms with Gasteiger partial charge < -0.3 is 19.8 Å². The maximum absolute atomic E-state index is 12.9. The second kappa shape index (κ2) is 8.54. The lowest BCUT2D eigenvalue weighted by Crippen LogP contribution is -2.18. The van der Waals surface area contributed by atoms with Gasteiger partial charge in [-0.05, 0) is 60.7 Å². The molecule has 3 aromatic carbocycles. The molecule has 4 rings (SSSR count). The van der Waals surface area contributed by atoms with Crippen LogP contribution in [-0.4, -0.2) is 18.9 Å². The van der Waals surface area contributed by atoms with Crippen molar-refractivity contribution in [3.05, 3.63) is 100 Å². The molecule has 2 amide bonds. The smallest absolute Gasteiger partial charge is 0.336 e. The average molecular weight is 414 g/mol. The fourth-order valence-electron chi connectivity index (χ4n) is 3.08. The number of ether oxygens (including phenoxy) is 1. The monoisotopic (exact) mass is 414 g/mol. The van der Waals surface area contributed by atoms with E-state index in [4.69, 9.17) is 9.15 Å². The van der Waals surface area contributed by atoms with E-state index in [0.717, 1.165) is 0 Å². The van der Waals surface area contributed by atoms with Crippen molar-refractivity contribution in [2.45, 2.75) is 0 Å². The number of para-hydroxylation sites is 1. The third-order valence-corrected chi connectivity index (χ3v) is 4.65. The summed E-state index contributed by atoms with van der Waals surface area (Å²) in [6, 6.07) is 21.3. The number of carbonyl (C=O) groups excluding carboxylic acids is 2. The SMILES string of the molecule is COc1ccc(C(=O)Nc2ccccc2C(=O)Nc2ccc3oc(=O)ccc3c2)cc1. The lowest BCUT2D eigenvalue weighted by molar-refractivity contribution is 0.102. The lowest BCUT2D eigenvalue weighted by Gasteiger charge is -2.12. The molecule has 7 nitrogen and oxygen atoms in total. The van der Waals surface area contributed by atoms with Crippen LogP contribution in [0.2, 0.25) is 0 Å². The number of hydrogen-bond acceptors (Lipinski definition) is 5. The fraction of sp³-hybridized carbons (Fsp3) is 0.0417. The van der Waals surface area contributed by atoms with Crippen molar-refractivity contribution in [1.29, 1.82) is 0 Å². The van der Waals surface area contributed by atoms with Gasteiger partial charge in [-0.25, -0.2) is 4.79 Å². The van der Waals surface area contributed by atoms with E-state index in [1.54, 1.807) is 79.9 Å². The third-order valence-electron chi connectivity index (χ3n) is 4.65. The molecule has 7 heteroatoms. The van der Waals surface area contributed by atoms with Gasteiger partial charge in [0.2, 0.25) is 0 Å². The van der Waals surface area contributed by atoms with Gasteiger partial charge in [0.1, 0.15) is 11.3 Å². The molecule has 0 fully saturated rings. The second-order valence-corrected chi connectivity index (χ2v) is 6.69. The van der Waals surface area contributed by atoms with Crippen molar-refractivity contribution in [1.82, 2.24) is 0 Å². The largest absolute Gasteiger partial charge is 0.497 e. The number of amides is 2. The van der Waals surface area contributed by atoms with Gasteiger partial charge in [-0.2, -0.15) is 0 Å². The van der Waals surface area contributed by atoms with Gasteiger partial charge in [-0.3, -0.25) is 9.59 Å². The number of fused-ring (bicyclic) bond motifs is 1. The standard InChI is InChI=1S/C24H18N2O5/c1-30-18-10-6-15(7-11-18)23(28)26-20-5-3-2-4-19(20)24(29)25-17-9-12-21-16(14-17)8-13-22(27)31-21/h2-14H,1H3,(H,25,29)(H,26,28). The summed E-state index contributed by atoms with van der Waals surface area (Å²) in [7, 11) is 1.55. The fourth-order valence-corrected chi connectivity index (χ4v) is 3.08. The molecule has 0 saturated carbocycles. The summed E-state index contributed by atoms with van der Waals surface area (Å²) >= 11 is 0. The van der Waals surface area contributed by atoms with Crippen LogP contribution in [0.3, 0.4) is 0 Å². The minimum Gasteiger partial charge on any atom is -0.497 e. The Kier molecular flexibility index (Phi) is 5.49. The van der Waals surface area contributed by atoms with E-state index in [-0.39, 0.29) is 11.8 Å². The minimum absolute atomic E-state index is 0.309. The number of hydrogen-bond donors (Lipinski definition) is 2. The molecule has 2 N–H and O–H groups in total. The zero-order valence-corrected chi connectivity index (χ0v) is 16.5. The zero-order chi connectivity index (χ0) is 21.8. The average Bonchev–Trinajstić information content (AvgIpc) is 2.79. The molecule has 0 spiro atoms. The van der Waals surface area contributed by atoms with E-state index in [9.17, 15) is 14.4 Å². The summed E-state index contributed by atoms with van der Waals surface area (Å²) in [5.41, 5.74) is 1.65. The number of carbonyl (C=O) groups is 2. The van der Waals surface area contributed by atoms with E-state index in [2.05, 4.69) is 10.6 Å². The molecule has 0 aliphatic carbocycles. The number of anilines is 2. The number of benzene rings is 3. The molecular weight excluding hydrogens is 396 g/mol. The minimum atomic E-state index is -0.439. The Balaban J connectivity index is 1.54. The number of nitrogens with one attached hydrogen (secondary N) is 2. The molecule has 1 aromatic heterocycles. The van der Waals surface area contributed by atoms with Gasteiger partial charge in [-0.15, -0.1) is 0 Å². The molecule has 0 atom stereocenters. The normalized spacial score (nSPS) is 10.5. The topological polar surface area (TPSA) is 97.6 Å². The Morgan fingerprint density at radius 1 is 0.839 bits per heavy atom. The zero-order valence-electron chi connectivity index (χ0n) is 16.5. The molecule has 154 valence electrons. The molecule has 0 radical (unpaired) electrons. The molecule has 4 aromatic rings. The van der Waals surface area contributed by atoms with Crippen molar-refractivity contribution in [3.8, 4) is 5.75 Å². The van der Waals surface area contributed by atoms with Crippen molar-refractivity contribution in [3.63, 3.8) is 0 Å². The van der Waals surface area contributed by atoms with E-state index in [1.807, 2.05) is 0 Å². The van der Waals surface area contributed by atoms with Gasteiger partial charge in [0, 0.05) is 22.7 Å². The Morgan fingerprint density at radius 2 is 1.61 bits per heavy atom. The Morgan fingerprint density at radius 3 is 2.39 bits per heavy atom. The van der Waals surface area contributed by atoms with Crippen LogP contribution in [0.1, 0.15) is 20.7 Å². The van der Waals surface area contributed by atoms with E-state index in [0.29, 0.717) is 39.2 Å². The predicted molar refractivity (Wildman–Crippen MR) is 118 cm³/mol. The lowest BCUT2D eigenvalue weighted by atomic mass is 10.1. The van der Waals surface area contributed by atoms with Crippen molar-refractivity contribution < 1.29 is 18.7 Å². The predicted octanol–water partition coefficient (Wildman–Crippen LogP) is 4.31. The maximum atomic E-state index is 12.9. The molecule has 31 heavy (non-hydrogen) atoms. The van der Waals surface area contributed by atoms with Gasteiger partial charge in [0.25, 0.3) is 11.8 Å². The van der Waals surface area contributed by atoms with Crippen LogP contribution in [-0.2, 0) is 0 Å². The summed E-state index contributed by atoms with van der Waals surface area (Å²) in [5.74, 6) is -0.0861. The van der Waals surface area contributed by atoms with Crippen LogP contribution in [0.15, 0.2) is 88.1 Å². The van der Waals surface area contributed by atoms with Gasteiger partial charge in [0.15, 0.2) is 0 Å². The third kappa shape index (κ3) is 4.45. The van der Waals surface area contributed by atoms with Crippen LogP contribution >= 0.6 is 0 Å². The van der Waals surface area contributed by atoms with Gasteiger partial charge in [0.05, 0.1) is 18.4 Å². The first-order chi connectivity index (χ1) is 15.0. The van der Waals surface area contributed by atoms with Crippen LogP contribution < -0.4 is 21.0 Å². The summed E-state index contributed by atoms with van der Waals surface area (Å²) in [5, 5.41) is 6.26. The van der Waals surface area contributed by atoms with E-state index >= 15 is 0 Å². The quantitative estimate of drug-likeness (QED) is 0.475. The number of methoxy groups -OCH3 is 1. The maximum Gasteiger partial charge on any atom is 0.336 e. The highest BCUT2D eigenvalue weighted by Crippen LogP contribution is 2.21. The van der Waals surface area contributed by atoms with Crippen molar-refractivity contribution >= 4 is 34.2 Å². The second-order valence-electron chi connectivity index (χ2n) is 6.69. The van der Waals surface area contributed by atoms with Crippen LogP contribution in [0, 0.1) is 0 Å². The Hall–Kier alpha value is -4.39. The summed E-state index contributed by atoms with van der Waals surface area (Å²) < 4.78 is 10.2. The van der Waals surface area contributed by atoms with Gasteiger partial charge in [-0.1, -0.05) is 12.1 Å². The first-order valence-corrected chi connectivity index (χ1v) is 9.43. The van der Waals surface area contributed by atoms with Crippen molar-refractivity contribution in [2.24, 2.45) is 0 Å². The van der Waals surface area contributed by atoms with Crippen LogP contribution in [0.4, 0.5) is 11.4 Å². The van der Waals surface area contributed by atoms with E-state index in [1.165, 1.54) is 6.07 Å². The first kappa shape index (κ1) is 19.9. The molecular formula is C24H18N2O5. The highest BCUT2D eigenvalue weighted by molar-refractivity contribution is 6.12. The Labute approximate surface area is 177 Å². The van der Waals surface area contributed by atoms with Crippen LogP contribution in [0.5, 0.6) is 5.75 Å². The molecule has 1 heterocycles. The highest BCUT2D eigenvalue weighted by Gasteiger charge is 2.15. The van der Waals surface area contributed by atoms with Crippen molar-refractivity contribution in [2.75, 3.05) is 17.7 Å². The Bertz CT molecular complexity index is 1330. The summed E-state index contributed by atoms with van der Waals surface area (Å²) in [6.45, 7) is 0.